The van der Waals surface area contributed by atoms with Gasteiger partial charge in [0, 0.05) is 12.6 Å². The van der Waals surface area contributed by atoms with E-state index in [-0.39, 0.29) is 0 Å². The molecule has 82 valence electrons. The zero-order valence-corrected chi connectivity index (χ0v) is 9.33. The van der Waals surface area contributed by atoms with Gasteiger partial charge in [0.1, 0.15) is 5.82 Å². The summed E-state index contributed by atoms with van der Waals surface area (Å²) in [6.45, 7) is 4.18. The number of nitrogen functional groups attached to an aromatic ring is 1. The van der Waals surface area contributed by atoms with Crippen LogP contribution < -0.4 is 11.1 Å². The molecule has 0 spiro atoms. The number of likely N-dealkylation sites (tertiary alicyclic amines) is 1. The van der Waals surface area contributed by atoms with Gasteiger partial charge in [-0.1, -0.05) is 0 Å². The first-order valence-corrected chi connectivity index (χ1v) is 5.33. The molecule has 4 nitrogen and oxygen atoms in total. The summed E-state index contributed by atoms with van der Waals surface area (Å²) in [7, 11) is 2.14. The molecule has 2 heterocycles. The summed E-state index contributed by atoms with van der Waals surface area (Å²) in [5, 5.41) is 3.43. The zero-order valence-electron chi connectivity index (χ0n) is 9.33. The number of hydrogen-bond acceptors (Lipinski definition) is 4. The highest BCUT2D eigenvalue weighted by Gasteiger charge is 2.19. The number of likely N-dealkylation sites (N-methyl/N-ethyl adjacent to an activating group) is 1. The molecule has 1 aromatic heterocycles. The number of anilines is 2. The normalized spacial score (nSPS) is 21.9. The first-order chi connectivity index (χ1) is 7.15. The van der Waals surface area contributed by atoms with Crippen LogP contribution in [0.2, 0.25) is 0 Å². The molecule has 1 aliphatic rings. The molecule has 1 aromatic rings. The van der Waals surface area contributed by atoms with E-state index in [1.807, 2.05) is 19.1 Å². The summed E-state index contributed by atoms with van der Waals surface area (Å²) in [4.78, 5) is 6.73. The molecule has 1 aliphatic heterocycles. The minimum absolute atomic E-state index is 0.519. The largest absolute Gasteiger partial charge is 0.397 e. The van der Waals surface area contributed by atoms with Gasteiger partial charge in [0.25, 0.3) is 0 Å². The Labute approximate surface area is 90.5 Å². The van der Waals surface area contributed by atoms with Crippen molar-refractivity contribution >= 4 is 11.5 Å². The van der Waals surface area contributed by atoms with Gasteiger partial charge >= 0.3 is 0 Å². The van der Waals surface area contributed by atoms with E-state index in [0.717, 1.165) is 30.3 Å². The smallest absolute Gasteiger partial charge is 0.126 e. The van der Waals surface area contributed by atoms with Gasteiger partial charge in [0.2, 0.25) is 0 Å². The molecule has 2 rings (SSSR count). The van der Waals surface area contributed by atoms with E-state index in [2.05, 4.69) is 22.2 Å². The Morgan fingerprint density at radius 3 is 2.93 bits per heavy atom. The Hall–Kier alpha value is -1.29. The van der Waals surface area contributed by atoms with Crippen LogP contribution in [0.1, 0.15) is 12.1 Å². The third-order valence-corrected chi connectivity index (χ3v) is 2.87. The van der Waals surface area contributed by atoms with Crippen molar-refractivity contribution < 1.29 is 0 Å². The molecule has 15 heavy (non-hydrogen) atoms. The van der Waals surface area contributed by atoms with Crippen LogP contribution >= 0.6 is 0 Å². The minimum atomic E-state index is 0.519. The Morgan fingerprint density at radius 2 is 2.33 bits per heavy atom. The van der Waals surface area contributed by atoms with Gasteiger partial charge < -0.3 is 16.0 Å². The van der Waals surface area contributed by atoms with Crippen molar-refractivity contribution in [2.45, 2.75) is 19.4 Å². The average Bonchev–Trinajstić information content (AvgIpc) is 2.58. The van der Waals surface area contributed by atoms with E-state index in [0.29, 0.717) is 6.04 Å². The quantitative estimate of drug-likeness (QED) is 0.760. The Balaban J connectivity index is 2.02. The molecule has 0 aliphatic carbocycles. The molecule has 3 N–H and O–H groups in total. The van der Waals surface area contributed by atoms with Gasteiger partial charge in [-0.2, -0.15) is 0 Å². The number of rotatable bonds is 2. The van der Waals surface area contributed by atoms with E-state index in [1.165, 1.54) is 6.42 Å². The number of nitrogens with two attached hydrogens (primary N) is 1. The van der Waals surface area contributed by atoms with Crippen molar-refractivity contribution in [2.75, 3.05) is 31.2 Å². The van der Waals surface area contributed by atoms with Crippen molar-refractivity contribution in [3.8, 4) is 0 Å². The summed E-state index contributed by atoms with van der Waals surface area (Å²) in [5.41, 5.74) is 7.37. The predicted octanol–water partition coefficient (Wildman–Crippen LogP) is 1.09. The van der Waals surface area contributed by atoms with Crippen LogP contribution in [0.3, 0.4) is 0 Å². The second kappa shape index (κ2) is 4.06. The Bertz CT molecular complexity index is 350. The maximum atomic E-state index is 5.72. The third-order valence-electron chi connectivity index (χ3n) is 2.87. The Morgan fingerprint density at radius 1 is 1.53 bits per heavy atom. The number of aromatic nitrogens is 1. The summed E-state index contributed by atoms with van der Waals surface area (Å²) in [5.74, 6) is 0.932. The number of aryl methyl sites for hydroxylation is 1. The van der Waals surface area contributed by atoms with Gasteiger partial charge in [-0.05, 0) is 39.1 Å². The maximum Gasteiger partial charge on any atom is 0.126 e. The van der Waals surface area contributed by atoms with Crippen LogP contribution in [0, 0.1) is 6.92 Å². The molecule has 1 fully saturated rings. The maximum absolute atomic E-state index is 5.72. The highest BCUT2D eigenvalue weighted by atomic mass is 15.2. The summed E-state index contributed by atoms with van der Waals surface area (Å²) in [6.07, 6.45) is 1.18. The fourth-order valence-corrected chi connectivity index (χ4v) is 1.91. The molecule has 0 radical (unpaired) electrons. The number of pyridine rings is 1. The molecule has 0 amide bonds. The van der Waals surface area contributed by atoms with Gasteiger partial charge in [0.15, 0.2) is 0 Å². The van der Waals surface area contributed by atoms with E-state index >= 15 is 0 Å². The molecular formula is C11H18N4. The SMILES string of the molecule is Cc1nc(NC2CCN(C)C2)ccc1N. The molecule has 0 bridgehead atoms. The van der Waals surface area contributed by atoms with Crippen molar-refractivity contribution in [2.24, 2.45) is 0 Å². The van der Waals surface area contributed by atoms with Crippen LogP contribution in [0.5, 0.6) is 0 Å². The highest BCUT2D eigenvalue weighted by Crippen LogP contribution is 2.16. The van der Waals surface area contributed by atoms with Crippen molar-refractivity contribution in [3.63, 3.8) is 0 Å². The molecule has 1 atom stereocenters. The van der Waals surface area contributed by atoms with Crippen LogP contribution in [0.4, 0.5) is 11.5 Å². The van der Waals surface area contributed by atoms with E-state index in [4.69, 9.17) is 5.73 Å². The van der Waals surface area contributed by atoms with Crippen LogP contribution in [0.15, 0.2) is 12.1 Å². The van der Waals surface area contributed by atoms with Gasteiger partial charge in [-0.25, -0.2) is 4.98 Å². The van der Waals surface area contributed by atoms with Crippen LogP contribution in [-0.4, -0.2) is 36.1 Å². The summed E-state index contributed by atoms with van der Waals surface area (Å²) >= 11 is 0. The minimum Gasteiger partial charge on any atom is -0.397 e. The lowest BCUT2D eigenvalue weighted by Crippen LogP contribution is -2.24. The van der Waals surface area contributed by atoms with Gasteiger partial charge in [-0.15, -0.1) is 0 Å². The van der Waals surface area contributed by atoms with Crippen LogP contribution in [-0.2, 0) is 0 Å². The number of nitrogens with one attached hydrogen (secondary N) is 1. The summed E-state index contributed by atoms with van der Waals surface area (Å²) in [6, 6.07) is 4.37. The summed E-state index contributed by atoms with van der Waals surface area (Å²) < 4.78 is 0. The number of hydrogen-bond donors (Lipinski definition) is 2. The van der Waals surface area contributed by atoms with Crippen LogP contribution in [0.25, 0.3) is 0 Å². The zero-order chi connectivity index (χ0) is 10.8. The lowest BCUT2D eigenvalue weighted by atomic mass is 10.2. The standard InChI is InChI=1S/C11H18N4/c1-8-10(12)3-4-11(13-8)14-9-5-6-15(2)7-9/h3-4,9H,5-7,12H2,1-2H3,(H,13,14). The monoisotopic (exact) mass is 206 g/mol. The van der Waals surface area contributed by atoms with Crippen molar-refractivity contribution in [1.82, 2.24) is 9.88 Å². The number of nitrogens with zero attached hydrogens (tertiary/aromatic N) is 2. The van der Waals surface area contributed by atoms with Gasteiger partial charge in [-0.3, -0.25) is 0 Å². The second-order valence-corrected chi connectivity index (χ2v) is 4.26. The molecule has 0 aromatic carbocycles. The first kappa shape index (κ1) is 10.2. The lowest BCUT2D eigenvalue weighted by molar-refractivity contribution is 0.414. The predicted molar refractivity (Wildman–Crippen MR) is 62.9 cm³/mol. The van der Waals surface area contributed by atoms with E-state index in [9.17, 15) is 0 Å². The van der Waals surface area contributed by atoms with Crippen molar-refractivity contribution in [3.05, 3.63) is 17.8 Å². The fraction of sp³-hybridized carbons (Fsp3) is 0.545. The first-order valence-electron chi connectivity index (χ1n) is 5.33. The molecule has 4 heteroatoms. The lowest BCUT2D eigenvalue weighted by Gasteiger charge is -2.14. The molecular weight excluding hydrogens is 188 g/mol. The fourth-order valence-electron chi connectivity index (χ4n) is 1.91. The average molecular weight is 206 g/mol. The van der Waals surface area contributed by atoms with Crippen molar-refractivity contribution in [1.29, 1.82) is 0 Å². The molecule has 1 unspecified atom stereocenters. The van der Waals surface area contributed by atoms with E-state index < -0.39 is 0 Å². The van der Waals surface area contributed by atoms with Gasteiger partial charge in [0.05, 0.1) is 11.4 Å². The molecule has 0 saturated carbocycles. The molecule has 1 saturated heterocycles. The topological polar surface area (TPSA) is 54.2 Å². The highest BCUT2D eigenvalue weighted by molar-refractivity contribution is 5.49. The van der Waals surface area contributed by atoms with E-state index in [1.54, 1.807) is 0 Å². The second-order valence-electron chi connectivity index (χ2n) is 4.26. The third kappa shape index (κ3) is 2.39. The Kier molecular flexibility index (Phi) is 2.77.